The first kappa shape index (κ1) is 26.1. The molecule has 1 aromatic heterocycles. The minimum absolute atomic E-state index is 0.143. The highest BCUT2D eigenvalue weighted by Gasteiger charge is 2.26. The molecule has 0 radical (unpaired) electrons. The average molecular weight is 492 g/mol. The second-order valence-corrected chi connectivity index (χ2v) is 9.35. The molecule has 7 nitrogen and oxygen atoms in total. The lowest BCUT2D eigenvalue weighted by Crippen LogP contribution is -2.39. The maximum atomic E-state index is 10.7. The Hall–Kier alpha value is -2.97. The topological polar surface area (TPSA) is 69.0 Å². The number of benzene rings is 2. The van der Waals surface area contributed by atoms with Crippen molar-refractivity contribution >= 4 is 0 Å². The molecule has 36 heavy (non-hydrogen) atoms. The van der Waals surface area contributed by atoms with Gasteiger partial charge in [0.2, 0.25) is 5.88 Å². The molecule has 0 aliphatic carbocycles. The van der Waals surface area contributed by atoms with Crippen molar-refractivity contribution in [2.45, 2.75) is 38.5 Å². The first-order valence-corrected chi connectivity index (χ1v) is 12.6. The van der Waals surface area contributed by atoms with Crippen molar-refractivity contribution in [1.82, 2.24) is 14.7 Å². The van der Waals surface area contributed by atoms with Crippen LogP contribution in [0.2, 0.25) is 0 Å². The Morgan fingerprint density at radius 2 is 2.00 bits per heavy atom. The van der Waals surface area contributed by atoms with E-state index >= 15 is 0 Å². The summed E-state index contributed by atoms with van der Waals surface area (Å²) in [6.45, 7) is 8.90. The van der Waals surface area contributed by atoms with E-state index in [0.717, 1.165) is 42.0 Å². The van der Waals surface area contributed by atoms with Gasteiger partial charge in [-0.05, 0) is 31.9 Å². The van der Waals surface area contributed by atoms with Gasteiger partial charge in [-0.2, -0.15) is 5.10 Å². The van der Waals surface area contributed by atoms with Crippen LogP contribution in [-0.4, -0.2) is 64.9 Å². The van der Waals surface area contributed by atoms with Crippen LogP contribution < -0.4 is 4.74 Å². The van der Waals surface area contributed by atoms with Crippen molar-refractivity contribution in [3.05, 3.63) is 78.4 Å². The predicted octanol–water partition coefficient (Wildman–Crippen LogP) is 4.73. The molecule has 0 unspecified atom stereocenters. The monoisotopic (exact) mass is 491 g/mol. The molecule has 1 N–H and O–H groups in total. The van der Waals surface area contributed by atoms with Crippen molar-refractivity contribution in [3.63, 3.8) is 0 Å². The number of aryl methyl sites for hydroxylation is 2. The molecule has 192 valence electrons. The van der Waals surface area contributed by atoms with Crippen LogP contribution in [0.1, 0.15) is 24.0 Å². The van der Waals surface area contributed by atoms with Gasteiger partial charge in [-0.1, -0.05) is 54.1 Å². The number of aliphatic hydroxyl groups is 1. The zero-order valence-corrected chi connectivity index (χ0v) is 21.3. The molecular formula is C29H37N3O4. The minimum Gasteiger partial charge on any atom is -0.439 e. The molecule has 1 saturated heterocycles. The number of aromatic nitrogens is 2. The molecule has 3 aromatic rings. The summed E-state index contributed by atoms with van der Waals surface area (Å²) < 4.78 is 19.6. The second-order valence-electron chi connectivity index (χ2n) is 9.35. The van der Waals surface area contributed by atoms with Crippen molar-refractivity contribution in [2.75, 3.05) is 32.9 Å². The number of hydrogen-bond acceptors (Lipinski definition) is 6. The number of hydrogen-bond donors (Lipinski definition) is 1. The first-order valence-electron chi connectivity index (χ1n) is 12.6. The van der Waals surface area contributed by atoms with Gasteiger partial charge in [0.05, 0.1) is 31.0 Å². The summed E-state index contributed by atoms with van der Waals surface area (Å²) in [5.74, 6) is 1.44. The largest absolute Gasteiger partial charge is 0.439 e. The fourth-order valence-corrected chi connectivity index (χ4v) is 4.51. The van der Waals surface area contributed by atoms with E-state index in [1.807, 2.05) is 49.5 Å². The summed E-state index contributed by atoms with van der Waals surface area (Å²) in [6.07, 6.45) is 3.28. The maximum Gasteiger partial charge on any atom is 0.222 e. The summed E-state index contributed by atoms with van der Waals surface area (Å²) in [7, 11) is 1.90. The van der Waals surface area contributed by atoms with Crippen LogP contribution in [0, 0.1) is 6.92 Å². The summed E-state index contributed by atoms with van der Waals surface area (Å²) >= 11 is 0. The van der Waals surface area contributed by atoms with E-state index in [-0.39, 0.29) is 12.7 Å². The van der Waals surface area contributed by atoms with Crippen LogP contribution in [0.3, 0.4) is 0 Å². The molecule has 4 rings (SSSR count). The lowest BCUT2D eigenvalue weighted by molar-refractivity contribution is 0.00845. The van der Waals surface area contributed by atoms with Crippen LogP contribution >= 0.6 is 0 Å². The molecule has 0 amide bonds. The molecule has 2 atom stereocenters. The predicted molar refractivity (Wildman–Crippen MR) is 141 cm³/mol. The van der Waals surface area contributed by atoms with Crippen molar-refractivity contribution in [1.29, 1.82) is 0 Å². The van der Waals surface area contributed by atoms with Gasteiger partial charge in [-0.25, -0.2) is 4.68 Å². The molecule has 0 bridgehead atoms. The Morgan fingerprint density at radius 3 is 2.69 bits per heavy atom. The molecule has 1 fully saturated rings. The van der Waals surface area contributed by atoms with Gasteiger partial charge in [-0.3, -0.25) is 4.90 Å². The molecule has 1 aliphatic rings. The number of aliphatic hydroxyl groups excluding tert-OH is 1. The molecule has 1 aliphatic heterocycles. The first-order chi connectivity index (χ1) is 17.5. The molecule has 2 heterocycles. The highest BCUT2D eigenvalue weighted by atomic mass is 16.5. The molecule has 7 heteroatoms. The fourth-order valence-electron chi connectivity index (χ4n) is 4.51. The van der Waals surface area contributed by atoms with E-state index in [4.69, 9.17) is 19.3 Å². The fraction of sp³-hybridized carbons (Fsp3) is 0.414. The summed E-state index contributed by atoms with van der Waals surface area (Å²) in [4.78, 5) is 2.23. The smallest absolute Gasteiger partial charge is 0.222 e. The molecule has 2 aromatic carbocycles. The number of ether oxygens (including phenoxy) is 3. The van der Waals surface area contributed by atoms with Gasteiger partial charge >= 0.3 is 0 Å². The van der Waals surface area contributed by atoms with Gasteiger partial charge in [0.25, 0.3) is 0 Å². The minimum atomic E-state index is -0.635. The highest BCUT2D eigenvalue weighted by Crippen LogP contribution is 2.34. The molecule has 0 spiro atoms. The quantitative estimate of drug-likeness (QED) is 0.275. The van der Waals surface area contributed by atoms with Crippen LogP contribution in [0.15, 0.2) is 67.3 Å². The summed E-state index contributed by atoms with van der Waals surface area (Å²) in [6, 6.07) is 18.2. The van der Waals surface area contributed by atoms with Gasteiger partial charge in [0.15, 0.2) is 0 Å². The summed E-state index contributed by atoms with van der Waals surface area (Å²) in [5, 5.41) is 15.6. The van der Waals surface area contributed by atoms with E-state index in [0.29, 0.717) is 32.1 Å². The number of nitrogens with zero attached hydrogens (tertiary/aromatic N) is 3. The third kappa shape index (κ3) is 7.04. The van der Waals surface area contributed by atoms with Crippen LogP contribution in [0.4, 0.5) is 0 Å². The lowest BCUT2D eigenvalue weighted by atomic mass is 10.1. The van der Waals surface area contributed by atoms with E-state index in [1.165, 1.54) is 5.56 Å². The van der Waals surface area contributed by atoms with E-state index in [1.54, 1.807) is 10.8 Å². The van der Waals surface area contributed by atoms with Crippen molar-refractivity contribution < 1.29 is 19.3 Å². The Labute approximate surface area is 213 Å². The standard InChI is InChI=1S/C29H37N3O4/c1-4-16-34-21-24(33)18-32(19-26-11-8-17-35-26)20-27-28(23-9-6-5-7-10-23)30-31(3)29(27)36-25-14-12-22(2)13-15-25/h4-7,9-10,12-15,24,26,33H,1,8,11,16-21H2,2-3H3/t24-,26-/m1/s1. The van der Waals surface area contributed by atoms with Gasteiger partial charge in [-0.15, -0.1) is 6.58 Å². The molecule has 0 saturated carbocycles. The van der Waals surface area contributed by atoms with Crippen molar-refractivity contribution in [2.24, 2.45) is 7.05 Å². The van der Waals surface area contributed by atoms with E-state index < -0.39 is 6.10 Å². The Kier molecular flexibility index (Phi) is 9.30. The third-order valence-corrected chi connectivity index (χ3v) is 6.25. The Balaban J connectivity index is 1.64. The second kappa shape index (κ2) is 12.8. The van der Waals surface area contributed by atoms with Crippen molar-refractivity contribution in [3.8, 4) is 22.9 Å². The van der Waals surface area contributed by atoms with Crippen LogP contribution in [0.5, 0.6) is 11.6 Å². The highest BCUT2D eigenvalue weighted by molar-refractivity contribution is 5.65. The van der Waals surface area contributed by atoms with Crippen LogP contribution in [-0.2, 0) is 23.1 Å². The zero-order valence-electron chi connectivity index (χ0n) is 21.3. The normalized spacial score (nSPS) is 16.4. The Morgan fingerprint density at radius 1 is 1.22 bits per heavy atom. The molecular weight excluding hydrogens is 454 g/mol. The van der Waals surface area contributed by atoms with Crippen LogP contribution in [0.25, 0.3) is 11.3 Å². The maximum absolute atomic E-state index is 10.7. The SMILES string of the molecule is C=CCOC[C@H](O)CN(Cc1c(-c2ccccc2)nn(C)c1Oc1ccc(C)cc1)C[C@H]1CCCO1. The average Bonchev–Trinajstić information content (AvgIpc) is 3.49. The van der Waals surface area contributed by atoms with Gasteiger partial charge in [0, 0.05) is 38.9 Å². The van der Waals surface area contributed by atoms with Gasteiger partial charge in [0.1, 0.15) is 11.4 Å². The lowest BCUT2D eigenvalue weighted by Gasteiger charge is -2.27. The Bertz CT molecular complexity index is 1090. The van der Waals surface area contributed by atoms with E-state index in [9.17, 15) is 5.11 Å². The zero-order chi connectivity index (χ0) is 25.3. The van der Waals surface area contributed by atoms with E-state index in [2.05, 4.69) is 30.5 Å². The van der Waals surface area contributed by atoms with Gasteiger partial charge < -0.3 is 19.3 Å². The third-order valence-electron chi connectivity index (χ3n) is 6.25. The number of rotatable bonds is 13. The summed E-state index contributed by atoms with van der Waals surface area (Å²) in [5.41, 5.74) is 4.04.